The fourth-order valence-corrected chi connectivity index (χ4v) is 2.34. The fourth-order valence-electron chi connectivity index (χ4n) is 2.05. The maximum Gasteiger partial charge on any atom is 0.138 e. The zero-order valence-electron chi connectivity index (χ0n) is 10.5. The van der Waals surface area contributed by atoms with E-state index >= 15 is 0 Å². The first-order valence-electron chi connectivity index (χ1n) is 5.69. The number of nitrogens with zero attached hydrogens (tertiary/aromatic N) is 1. The molecule has 1 fully saturated rings. The van der Waals surface area contributed by atoms with Crippen molar-refractivity contribution in [1.29, 1.82) is 0 Å². The van der Waals surface area contributed by atoms with Crippen molar-refractivity contribution in [3.8, 4) is 0 Å². The van der Waals surface area contributed by atoms with E-state index in [9.17, 15) is 4.79 Å². The van der Waals surface area contributed by atoms with Crippen LogP contribution in [0.1, 0.15) is 34.1 Å². The van der Waals surface area contributed by atoms with Gasteiger partial charge in [-0.1, -0.05) is 6.92 Å². The number of piperidine rings is 1. The monoisotopic (exact) mass is 229 g/mol. The third kappa shape index (κ3) is 3.22. The van der Waals surface area contributed by atoms with Crippen LogP contribution in [0.15, 0.2) is 0 Å². The van der Waals surface area contributed by atoms with Gasteiger partial charge in [-0.3, -0.25) is 9.69 Å². The molecular formula is C12H23NOS. The first kappa shape index (κ1) is 13.0. The summed E-state index contributed by atoms with van der Waals surface area (Å²) in [5, 5.41) is 0. The van der Waals surface area contributed by atoms with Crippen LogP contribution in [0.25, 0.3) is 0 Å². The molecule has 0 bridgehead atoms. The molecule has 0 aliphatic carbocycles. The first-order chi connectivity index (χ1) is 6.87. The van der Waals surface area contributed by atoms with Gasteiger partial charge in [0.1, 0.15) is 5.78 Å². The second-order valence-electron chi connectivity index (χ2n) is 5.18. The van der Waals surface area contributed by atoms with Gasteiger partial charge in [0.25, 0.3) is 0 Å². The standard InChI is InChI=1S/C12H23NOS/c1-9-10(2)13(7-6-11(9)14)8-12(3,4)15-5/h9-10H,6-8H2,1-5H3. The highest BCUT2D eigenvalue weighted by molar-refractivity contribution is 7.99. The lowest BCUT2D eigenvalue weighted by atomic mass is 9.90. The molecule has 15 heavy (non-hydrogen) atoms. The summed E-state index contributed by atoms with van der Waals surface area (Å²) in [4.78, 5) is 14.0. The molecule has 88 valence electrons. The SMILES string of the molecule is CSC(C)(C)CN1CCC(=O)C(C)C1C. The van der Waals surface area contributed by atoms with Crippen LogP contribution >= 0.6 is 11.8 Å². The molecule has 3 heteroatoms. The Kier molecular flexibility index (Phi) is 4.24. The molecular weight excluding hydrogens is 206 g/mol. The third-order valence-electron chi connectivity index (χ3n) is 3.59. The molecule has 1 heterocycles. The summed E-state index contributed by atoms with van der Waals surface area (Å²) in [6.07, 6.45) is 2.89. The molecule has 0 radical (unpaired) electrons. The Balaban J connectivity index is 2.60. The van der Waals surface area contributed by atoms with Gasteiger partial charge in [0.2, 0.25) is 0 Å². The summed E-state index contributed by atoms with van der Waals surface area (Å²) in [5.74, 6) is 0.636. The maximum atomic E-state index is 11.6. The molecule has 2 unspecified atom stereocenters. The van der Waals surface area contributed by atoms with Gasteiger partial charge in [0.15, 0.2) is 0 Å². The Bertz CT molecular complexity index is 240. The van der Waals surface area contributed by atoms with Gasteiger partial charge in [-0.15, -0.1) is 0 Å². The fraction of sp³-hybridized carbons (Fsp3) is 0.917. The lowest BCUT2D eigenvalue weighted by Gasteiger charge is -2.40. The smallest absolute Gasteiger partial charge is 0.138 e. The van der Waals surface area contributed by atoms with Gasteiger partial charge in [-0.25, -0.2) is 0 Å². The van der Waals surface area contributed by atoms with Crippen molar-refractivity contribution in [2.45, 2.75) is 44.9 Å². The number of Topliss-reactive ketones (excluding diaryl/α,β-unsaturated/α-hetero) is 1. The molecule has 0 aromatic carbocycles. The Morgan fingerprint density at radius 2 is 2.07 bits per heavy atom. The number of likely N-dealkylation sites (tertiary alicyclic amines) is 1. The lowest BCUT2D eigenvalue weighted by Crippen LogP contribution is -2.50. The largest absolute Gasteiger partial charge is 0.299 e. The topological polar surface area (TPSA) is 20.3 Å². The zero-order valence-corrected chi connectivity index (χ0v) is 11.4. The van der Waals surface area contributed by atoms with Crippen LogP contribution in [-0.2, 0) is 4.79 Å². The molecule has 0 aromatic heterocycles. The molecule has 1 rings (SSSR count). The van der Waals surface area contributed by atoms with E-state index in [-0.39, 0.29) is 10.7 Å². The van der Waals surface area contributed by atoms with Crippen molar-refractivity contribution in [3.63, 3.8) is 0 Å². The molecule has 0 saturated carbocycles. The van der Waals surface area contributed by atoms with Crippen LogP contribution in [0.3, 0.4) is 0 Å². The minimum Gasteiger partial charge on any atom is -0.299 e. The number of rotatable bonds is 3. The van der Waals surface area contributed by atoms with E-state index < -0.39 is 0 Å². The molecule has 0 aromatic rings. The second kappa shape index (κ2) is 4.88. The van der Waals surface area contributed by atoms with Gasteiger partial charge in [0.05, 0.1) is 0 Å². The van der Waals surface area contributed by atoms with Gasteiger partial charge in [-0.2, -0.15) is 11.8 Å². The van der Waals surface area contributed by atoms with Crippen molar-refractivity contribution in [3.05, 3.63) is 0 Å². The van der Waals surface area contributed by atoms with Gasteiger partial charge < -0.3 is 0 Å². The Hall–Kier alpha value is -0.0200. The van der Waals surface area contributed by atoms with Crippen molar-refractivity contribution in [2.75, 3.05) is 19.3 Å². The molecule has 1 saturated heterocycles. The predicted octanol–water partition coefficient (Wildman–Crippen LogP) is 2.43. The van der Waals surface area contributed by atoms with Crippen molar-refractivity contribution in [2.24, 2.45) is 5.92 Å². The van der Waals surface area contributed by atoms with Crippen LogP contribution in [0.5, 0.6) is 0 Å². The molecule has 0 N–H and O–H groups in total. The predicted molar refractivity (Wildman–Crippen MR) is 67.4 cm³/mol. The summed E-state index contributed by atoms with van der Waals surface area (Å²) in [6, 6.07) is 0.401. The first-order valence-corrected chi connectivity index (χ1v) is 6.92. The quantitative estimate of drug-likeness (QED) is 0.741. The van der Waals surface area contributed by atoms with Gasteiger partial charge in [0, 0.05) is 36.2 Å². The Labute approximate surface area is 97.8 Å². The minimum atomic E-state index is 0.205. The van der Waals surface area contributed by atoms with Crippen LogP contribution in [0, 0.1) is 5.92 Å². The van der Waals surface area contributed by atoms with Crippen LogP contribution in [-0.4, -0.2) is 40.8 Å². The highest BCUT2D eigenvalue weighted by Crippen LogP contribution is 2.27. The highest BCUT2D eigenvalue weighted by Gasteiger charge is 2.33. The third-order valence-corrected chi connectivity index (χ3v) is 4.82. The molecule has 0 amide bonds. The van der Waals surface area contributed by atoms with Gasteiger partial charge >= 0.3 is 0 Å². The van der Waals surface area contributed by atoms with E-state index in [0.717, 1.165) is 19.5 Å². The van der Waals surface area contributed by atoms with Crippen LogP contribution in [0.2, 0.25) is 0 Å². The van der Waals surface area contributed by atoms with Gasteiger partial charge in [-0.05, 0) is 27.0 Å². The van der Waals surface area contributed by atoms with E-state index in [1.165, 1.54) is 0 Å². The second-order valence-corrected chi connectivity index (χ2v) is 6.69. The van der Waals surface area contributed by atoms with E-state index in [1.54, 1.807) is 0 Å². The number of carbonyl (C=O) groups is 1. The van der Waals surface area contributed by atoms with Crippen LogP contribution in [0.4, 0.5) is 0 Å². The summed E-state index contributed by atoms with van der Waals surface area (Å²) < 4.78 is 0.286. The highest BCUT2D eigenvalue weighted by atomic mass is 32.2. The Morgan fingerprint density at radius 3 is 2.60 bits per heavy atom. The van der Waals surface area contributed by atoms with E-state index in [1.807, 2.05) is 11.8 Å². The summed E-state index contributed by atoms with van der Waals surface area (Å²) in [7, 11) is 0. The maximum absolute atomic E-state index is 11.6. The molecule has 0 spiro atoms. The molecule has 2 atom stereocenters. The van der Waals surface area contributed by atoms with Crippen molar-refractivity contribution >= 4 is 17.5 Å². The summed E-state index contributed by atoms with van der Waals surface area (Å²) in [6.45, 7) is 10.8. The lowest BCUT2D eigenvalue weighted by molar-refractivity contribution is -0.127. The van der Waals surface area contributed by atoms with Crippen molar-refractivity contribution in [1.82, 2.24) is 4.90 Å². The summed E-state index contributed by atoms with van der Waals surface area (Å²) in [5.41, 5.74) is 0. The van der Waals surface area contributed by atoms with E-state index in [2.05, 4.69) is 38.9 Å². The average Bonchev–Trinajstić information content (AvgIpc) is 2.19. The summed E-state index contributed by atoms with van der Waals surface area (Å²) >= 11 is 1.90. The number of ketones is 1. The average molecular weight is 229 g/mol. The normalized spacial score (nSPS) is 29.5. The number of hydrogen-bond acceptors (Lipinski definition) is 3. The number of hydrogen-bond donors (Lipinski definition) is 0. The van der Waals surface area contributed by atoms with Crippen molar-refractivity contribution < 1.29 is 4.79 Å². The van der Waals surface area contributed by atoms with Crippen LogP contribution < -0.4 is 0 Å². The minimum absolute atomic E-state index is 0.205. The number of thioether (sulfide) groups is 1. The zero-order chi connectivity index (χ0) is 11.6. The van der Waals surface area contributed by atoms with E-state index in [0.29, 0.717) is 11.8 Å². The Morgan fingerprint density at radius 1 is 1.47 bits per heavy atom. The molecule has 1 aliphatic rings. The van der Waals surface area contributed by atoms with E-state index in [4.69, 9.17) is 0 Å². The molecule has 1 aliphatic heterocycles. The molecule has 2 nitrogen and oxygen atoms in total. The number of carbonyl (C=O) groups excluding carboxylic acids is 1.